The first kappa shape index (κ1) is 48.1. The number of likely N-dealkylation sites (tertiary alicyclic amines) is 1. The van der Waals surface area contributed by atoms with Crippen LogP contribution in [-0.2, 0) is 25.6 Å². The van der Waals surface area contributed by atoms with E-state index in [1.807, 2.05) is 63.5 Å². The second-order valence-corrected chi connectivity index (χ2v) is 20.8. The maximum absolute atomic E-state index is 14.1. The Hall–Kier alpha value is -6.41. The number of carbonyl (C=O) groups is 4. The number of nitriles is 1. The molecule has 2 fully saturated rings. The highest BCUT2D eigenvalue weighted by molar-refractivity contribution is 7.15. The number of fused-ring (bicyclic) bond motifs is 3. The van der Waals surface area contributed by atoms with Crippen molar-refractivity contribution < 1.29 is 29.0 Å². The van der Waals surface area contributed by atoms with Gasteiger partial charge in [0.15, 0.2) is 5.82 Å². The number of hydrogen-bond donors (Lipinski definition) is 4. The van der Waals surface area contributed by atoms with Gasteiger partial charge in [-0.2, -0.15) is 5.26 Å². The minimum Gasteiger partial charge on any atom is -0.490 e. The first-order valence-corrected chi connectivity index (χ1v) is 24.1. The number of aliphatic hydroxyl groups excluding tert-OH is 1. The Labute approximate surface area is 405 Å². The number of carbonyl (C=O) groups excluding carboxylic acids is 4. The van der Waals surface area contributed by atoms with E-state index in [-0.39, 0.29) is 49.8 Å². The van der Waals surface area contributed by atoms with Crippen LogP contribution in [0.3, 0.4) is 0 Å². The molecule has 354 valence electrons. The molecule has 1 saturated heterocycles. The molecule has 4 N–H and O–H groups in total. The Kier molecular flexibility index (Phi) is 13.9. The number of nitrogens with zero attached hydrogens (tertiary/aromatic N) is 6. The summed E-state index contributed by atoms with van der Waals surface area (Å²) in [4.78, 5) is 62.6. The van der Waals surface area contributed by atoms with Gasteiger partial charge in [0.2, 0.25) is 23.6 Å². The molecule has 5 atom stereocenters. The van der Waals surface area contributed by atoms with Gasteiger partial charge in [-0.25, -0.2) is 0 Å². The molecule has 4 amide bonds. The van der Waals surface area contributed by atoms with E-state index in [0.717, 1.165) is 38.8 Å². The normalized spacial score (nSPS) is 20.6. The molecule has 17 heteroatoms. The van der Waals surface area contributed by atoms with Crippen LogP contribution in [0.15, 0.2) is 77.8 Å². The standard InChI is InChI=1S/C51H56ClN9O6S/c1-27-29(3)68-50-44(27)45(34-14-16-35(52)17-15-34)56-40(47-59-58-30(4)61(47)50)24-43(64)55-36-21-39(22-36)67-38-18-10-31(11-19-38)20-42(63)57-46(51(5,6)7)49(66)60-26-37(62)23-41(60)48(65)54-28(2)33-12-8-32(25-53)9-13-33/h8-19,28,36-37,39-41,46,62H,20-24,26H2,1-7H3,(H,54,65)(H,55,64)(H,57,63)/t28-,36-,37+,39-,40?,41-,46+/m0/s1. The molecular weight excluding hydrogens is 902 g/mol. The highest BCUT2D eigenvalue weighted by atomic mass is 35.5. The number of aromatic nitrogens is 3. The smallest absolute Gasteiger partial charge is 0.246 e. The lowest BCUT2D eigenvalue weighted by atomic mass is 9.85. The van der Waals surface area contributed by atoms with Gasteiger partial charge in [-0.15, -0.1) is 21.5 Å². The predicted molar refractivity (Wildman–Crippen MR) is 259 cm³/mol. The summed E-state index contributed by atoms with van der Waals surface area (Å²) in [7, 11) is 0. The van der Waals surface area contributed by atoms with Crippen molar-refractivity contribution in [3.63, 3.8) is 0 Å². The number of halogens is 1. The summed E-state index contributed by atoms with van der Waals surface area (Å²) in [5.74, 6) is 0.603. The van der Waals surface area contributed by atoms with Crippen molar-refractivity contribution in [3.8, 4) is 16.8 Å². The van der Waals surface area contributed by atoms with Crippen LogP contribution < -0.4 is 20.7 Å². The number of aryl methyl sites for hydroxylation is 2. The molecule has 0 radical (unpaired) electrons. The van der Waals surface area contributed by atoms with Crippen molar-refractivity contribution in [2.45, 2.75) is 123 Å². The van der Waals surface area contributed by atoms with E-state index in [1.165, 1.54) is 9.78 Å². The van der Waals surface area contributed by atoms with E-state index in [1.54, 1.807) is 59.9 Å². The van der Waals surface area contributed by atoms with Crippen molar-refractivity contribution in [2.24, 2.45) is 10.4 Å². The zero-order valence-electron chi connectivity index (χ0n) is 39.2. The fourth-order valence-electron chi connectivity index (χ4n) is 9.01. The molecule has 3 aromatic carbocycles. The summed E-state index contributed by atoms with van der Waals surface area (Å²) >= 11 is 7.92. The van der Waals surface area contributed by atoms with Crippen LogP contribution in [0.2, 0.25) is 5.02 Å². The second-order valence-electron chi connectivity index (χ2n) is 19.1. The highest BCUT2D eigenvalue weighted by Gasteiger charge is 2.45. The van der Waals surface area contributed by atoms with Gasteiger partial charge in [0.1, 0.15) is 40.8 Å². The number of rotatable bonds is 13. The van der Waals surface area contributed by atoms with E-state index in [9.17, 15) is 24.3 Å². The van der Waals surface area contributed by atoms with Gasteiger partial charge in [-0.3, -0.25) is 28.7 Å². The van der Waals surface area contributed by atoms with Crippen molar-refractivity contribution in [1.29, 1.82) is 5.26 Å². The molecule has 3 aliphatic rings. The third-order valence-corrected chi connectivity index (χ3v) is 14.4. The number of hydrogen-bond acceptors (Lipinski definition) is 11. The Morgan fingerprint density at radius 1 is 0.941 bits per heavy atom. The number of thiophene rings is 1. The topological polar surface area (TPSA) is 204 Å². The van der Waals surface area contributed by atoms with Gasteiger partial charge in [-0.1, -0.05) is 68.8 Å². The Bertz CT molecular complexity index is 2790. The van der Waals surface area contributed by atoms with E-state index in [4.69, 9.17) is 26.6 Å². The van der Waals surface area contributed by atoms with Crippen molar-refractivity contribution in [2.75, 3.05) is 6.54 Å². The lowest BCUT2D eigenvalue weighted by Crippen LogP contribution is -2.58. The first-order valence-electron chi connectivity index (χ1n) is 22.9. The van der Waals surface area contributed by atoms with E-state index < -0.39 is 47.5 Å². The van der Waals surface area contributed by atoms with E-state index in [2.05, 4.69) is 46.1 Å². The summed E-state index contributed by atoms with van der Waals surface area (Å²) in [6, 6.07) is 20.8. The molecule has 1 aliphatic carbocycles. The number of amides is 4. The van der Waals surface area contributed by atoms with Gasteiger partial charge in [0, 0.05) is 52.9 Å². The van der Waals surface area contributed by atoms with E-state index >= 15 is 0 Å². The number of aliphatic hydroxyl groups is 1. The average Bonchev–Trinajstić information content (AvgIpc) is 3.94. The van der Waals surface area contributed by atoms with Crippen LogP contribution in [-0.4, -0.2) is 91.0 Å². The monoisotopic (exact) mass is 957 g/mol. The molecule has 8 rings (SSSR count). The first-order chi connectivity index (χ1) is 32.4. The molecule has 2 aromatic heterocycles. The molecule has 0 spiro atoms. The third-order valence-electron chi connectivity index (χ3n) is 13.0. The maximum atomic E-state index is 14.1. The molecule has 1 saturated carbocycles. The zero-order chi connectivity index (χ0) is 48.6. The summed E-state index contributed by atoms with van der Waals surface area (Å²) in [6.45, 7) is 13.4. The molecular formula is C51H56ClN9O6S. The van der Waals surface area contributed by atoms with Crippen LogP contribution >= 0.6 is 22.9 Å². The van der Waals surface area contributed by atoms with Gasteiger partial charge in [-0.05, 0) is 86.2 Å². The quantitative estimate of drug-likeness (QED) is 0.0991. The lowest BCUT2D eigenvalue weighted by Gasteiger charge is -2.36. The SMILES string of the molecule is Cc1sc2c(c1C)C(c1ccc(Cl)cc1)=NC(CC(=O)N[C@H]1C[C@H](Oc3ccc(CC(=O)N[C@H](C(=O)N4C[C@H](O)C[C@H]4C(=O)N[C@@H](C)c4ccc(C#N)cc4)C(C)(C)C)cc3)C1)c1nnc(C)n1-2. The fourth-order valence-corrected chi connectivity index (χ4v) is 10.3. The number of benzene rings is 3. The fraction of sp³-hybridized carbons (Fsp3) is 0.412. The number of ether oxygens (including phenoxy) is 1. The molecule has 5 aromatic rings. The van der Waals surface area contributed by atoms with Crippen LogP contribution in [0.25, 0.3) is 5.00 Å². The van der Waals surface area contributed by atoms with Crippen molar-refractivity contribution >= 4 is 52.3 Å². The highest BCUT2D eigenvalue weighted by Crippen LogP contribution is 2.40. The average molecular weight is 959 g/mol. The van der Waals surface area contributed by atoms with Gasteiger partial charge in [0.25, 0.3) is 0 Å². The summed E-state index contributed by atoms with van der Waals surface area (Å²) in [6.07, 6.45) is 0.398. The Morgan fingerprint density at radius 3 is 2.29 bits per heavy atom. The molecule has 0 bridgehead atoms. The Balaban J connectivity index is 0.839. The summed E-state index contributed by atoms with van der Waals surface area (Å²) in [5.41, 5.74) is 5.11. The minimum atomic E-state index is -0.972. The molecule has 68 heavy (non-hydrogen) atoms. The zero-order valence-corrected chi connectivity index (χ0v) is 40.7. The van der Waals surface area contributed by atoms with Crippen LogP contribution in [0.1, 0.15) is 115 Å². The van der Waals surface area contributed by atoms with Gasteiger partial charge < -0.3 is 30.7 Å². The second kappa shape index (κ2) is 19.7. The summed E-state index contributed by atoms with van der Waals surface area (Å²) < 4.78 is 8.26. The number of aliphatic imine (C=N–C) groups is 1. The molecule has 15 nitrogen and oxygen atoms in total. The maximum Gasteiger partial charge on any atom is 0.246 e. The van der Waals surface area contributed by atoms with Crippen molar-refractivity contribution in [1.82, 2.24) is 35.6 Å². The number of nitrogens with one attached hydrogen (secondary N) is 3. The summed E-state index contributed by atoms with van der Waals surface area (Å²) in [5, 5.41) is 39.3. The van der Waals surface area contributed by atoms with Crippen LogP contribution in [0.5, 0.6) is 5.75 Å². The largest absolute Gasteiger partial charge is 0.490 e. The lowest BCUT2D eigenvalue weighted by molar-refractivity contribution is -0.144. The molecule has 4 heterocycles. The Morgan fingerprint density at radius 2 is 1.63 bits per heavy atom. The van der Waals surface area contributed by atoms with Crippen LogP contribution in [0.4, 0.5) is 0 Å². The van der Waals surface area contributed by atoms with Gasteiger partial charge in [0.05, 0.1) is 42.3 Å². The van der Waals surface area contributed by atoms with E-state index in [0.29, 0.717) is 40.6 Å². The minimum absolute atomic E-state index is 0.00189. The number of β-amino-alcohol motifs (C(OH)–C–C–N with tert-alkyl or cyclic N) is 1. The molecule has 1 unspecified atom stereocenters. The van der Waals surface area contributed by atoms with Crippen molar-refractivity contribution in [3.05, 3.63) is 128 Å². The third kappa shape index (κ3) is 10.3. The van der Waals surface area contributed by atoms with Gasteiger partial charge >= 0.3 is 0 Å². The predicted octanol–water partition coefficient (Wildman–Crippen LogP) is 6.70. The van der Waals surface area contributed by atoms with Crippen LogP contribution in [0, 0.1) is 37.5 Å². The molecule has 2 aliphatic heterocycles.